The highest BCUT2D eigenvalue weighted by Gasteiger charge is 2.19. The Morgan fingerprint density at radius 2 is 2.00 bits per heavy atom. The van der Waals surface area contributed by atoms with Gasteiger partial charge in [0.2, 0.25) is 0 Å². The molecular weight excluding hydrogens is 587 g/mol. The Hall–Kier alpha value is 0.800. The third-order valence-electron chi connectivity index (χ3n) is 2.45. The molecule has 0 aromatic heterocycles. The number of ether oxygens (including phenoxy) is 1. The van der Waals surface area contributed by atoms with Crippen molar-refractivity contribution in [1.29, 1.82) is 0 Å². The van der Waals surface area contributed by atoms with Crippen molar-refractivity contribution in [3.63, 3.8) is 0 Å². The molecule has 0 bridgehead atoms. The van der Waals surface area contributed by atoms with Crippen LogP contribution in [0.25, 0.3) is 0 Å². The van der Waals surface area contributed by atoms with E-state index in [9.17, 15) is 4.79 Å². The number of carbonyl (C=O) groups excluding carboxylic acids is 1. The predicted octanol–water partition coefficient (Wildman–Crippen LogP) is 2.58. The van der Waals surface area contributed by atoms with Gasteiger partial charge in [-0.3, -0.25) is 4.79 Å². The lowest BCUT2D eigenvalue weighted by Crippen LogP contribution is -2.36. The van der Waals surface area contributed by atoms with Crippen LogP contribution in [0.1, 0.15) is 10.4 Å². The number of amides is 1. The van der Waals surface area contributed by atoms with Gasteiger partial charge in [0.1, 0.15) is 0 Å². The second kappa shape index (κ2) is 8.95. The third kappa shape index (κ3) is 5.25. The fourth-order valence-electron chi connectivity index (χ4n) is 1.52. The van der Waals surface area contributed by atoms with E-state index in [0.29, 0.717) is 25.3 Å². The highest BCUT2D eigenvalue weighted by molar-refractivity contribution is 14.1. The number of aliphatic hydroxyl groups excluding tert-OH is 1. The van der Waals surface area contributed by atoms with Crippen LogP contribution in [0.3, 0.4) is 0 Å². The van der Waals surface area contributed by atoms with Crippen molar-refractivity contribution in [3.8, 4) is 0 Å². The van der Waals surface area contributed by atoms with E-state index in [-0.39, 0.29) is 12.5 Å². The number of aliphatic hydroxyl groups is 1. The predicted molar refractivity (Wildman–Crippen MR) is 99.5 cm³/mol. The first-order chi connectivity index (χ1) is 9.01. The highest BCUT2D eigenvalue weighted by Crippen LogP contribution is 2.24. The molecule has 19 heavy (non-hydrogen) atoms. The summed E-state index contributed by atoms with van der Waals surface area (Å²) in [6, 6.07) is 3.91. The number of carbonyl (C=O) groups is 1. The van der Waals surface area contributed by atoms with Gasteiger partial charge in [0.15, 0.2) is 0 Å². The average molecular weight is 601 g/mol. The van der Waals surface area contributed by atoms with Crippen LogP contribution in [0.4, 0.5) is 0 Å². The summed E-state index contributed by atoms with van der Waals surface area (Å²) >= 11 is 6.61. The molecule has 0 saturated heterocycles. The van der Waals surface area contributed by atoms with E-state index >= 15 is 0 Å². The summed E-state index contributed by atoms with van der Waals surface area (Å²) in [5, 5.41) is 9.07. The smallest absolute Gasteiger partial charge is 0.255 e. The summed E-state index contributed by atoms with van der Waals surface area (Å²) in [7, 11) is 1.60. The van der Waals surface area contributed by atoms with Gasteiger partial charge in [-0.05, 0) is 79.9 Å². The zero-order valence-electron chi connectivity index (χ0n) is 10.3. The van der Waals surface area contributed by atoms with E-state index in [2.05, 4.69) is 67.8 Å². The minimum absolute atomic E-state index is 0.0486. The molecule has 0 atom stereocenters. The van der Waals surface area contributed by atoms with Gasteiger partial charge < -0.3 is 14.7 Å². The van der Waals surface area contributed by atoms with Crippen LogP contribution in [-0.4, -0.2) is 49.3 Å². The minimum Gasteiger partial charge on any atom is -0.395 e. The van der Waals surface area contributed by atoms with Crippen molar-refractivity contribution in [2.75, 3.05) is 33.4 Å². The zero-order chi connectivity index (χ0) is 14.4. The number of rotatable bonds is 6. The molecule has 0 unspecified atom stereocenters. The van der Waals surface area contributed by atoms with Gasteiger partial charge in [0.25, 0.3) is 5.91 Å². The van der Waals surface area contributed by atoms with Crippen molar-refractivity contribution >= 4 is 73.7 Å². The van der Waals surface area contributed by atoms with Crippen molar-refractivity contribution in [3.05, 3.63) is 28.4 Å². The molecule has 0 aliphatic heterocycles. The quantitative estimate of drug-likeness (QED) is 0.404. The molecule has 0 heterocycles. The maximum atomic E-state index is 12.5. The summed E-state index contributed by atoms with van der Waals surface area (Å²) < 4.78 is 8.04. The first-order valence-corrected chi connectivity index (χ1v) is 8.78. The van der Waals surface area contributed by atoms with Crippen LogP contribution in [0.15, 0.2) is 12.1 Å². The Balaban J connectivity index is 3.01. The number of methoxy groups -OCH3 is 1. The molecule has 1 N–H and O–H groups in total. The molecule has 106 valence electrons. The van der Waals surface area contributed by atoms with Crippen LogP contribution in [0.2, 0.25) is 0 Å². The Labute approximate surface area is 153 Å². The molecule has 0 spiro atoms. The standard InChI is InChI=1S/C12H14I3NO3/c1-19-5-3-16(2-4-17)12(18)9-6-8(13)7-10(14)11(9)15/h6-7,17H,2-5H2,1H3. The zero-order valence-corrected chi connectivity index (χ0v) is 16.8. The van der Waals surface area contributed by atoms with Gasteiger partial charge in [0.05, 0.1) is 18.8 Å². The molecule has 4 nitrogen and oxygen atoms in total. The molecule has 0 fully saturated rings. The van der Waals surface area contributed by atoms with E-state index in [0.717, 1.165) is 10.7 Å². The Bertz CT molecular complexity index is 454. The Morgan fingerprint density at radius 3 is 2.58 bits per heavy atom. The van der Waals surface area contributed by atoms with Crippen molar-refractivity contribution in [2.24, 2.45) is 0 Å². The molecule has 0 radical (unpaired) electrons. The summed E-state index contributed by atoms with van der Waals surface area (Å²) in [6.45, 7) is 1.21. The van der Waals surface area contributed by atoms with Gasteiger partial charge in [-0.1, -0.05) is 0 Å². The summed E-state index contributed by atoms with van der Waals surface area (Å²) in [5.41, 5.74) is 0.682. The van der Waals surface area contributed by atoms with E-state index in [1.54, 1.807) is 12.0 Å². The van der Waals surface area contributed by atoms with E-state index in [1.807, 2.05) is 12.1 Å². The Morgan fingerprint density at radius 1 is 1.32 bits per heavy atom. The van der Waals surface area contributed by atoms with Gasteiger partial charge in [0, 0.05) is 30.9 Å². The topological polar surface area (TPSA) is 49.8 Å². The first kappa shape index (κ1) is 17.9. The van der Waals surface area contributed by atoms with E-state index < -0.39 is 0 Å². The number of hydrogen-bond donors (Lipinski definition) is 1. The summed E-state index contributed by atoms with van der Waals surface area (Å²) in [6.07, 6.45) is 0. The Kier molecular flexibility index (Phi) is 8.41. The number of benzene rings is 1. The van der Waals surface area contributed by atoms with Crippen LogP contribution in [-0.2, 0) is 4.74 Å². The molecule has 0 saturated carbocycles. The molecule has 1 aromatic rings. The number of hydrogen-bond acceptors (Lipinski definition) is 3. The monoisotopic (exact) mass is 601 g/mol. The summed E-state index contributed by atoms with van der Waals surface area (Å²) in [5.74, 6) is -0.0630. The molecule has 1 amide bonds. The lowest BCUT2D eigenvalue weighted by Gasteiger charge is -2.22. The second-order valence-electron chi connectivity index (χ2n) is 3.76. The number of halogens is 3. The van der Waals surface area contributed by atoms with Crippen molar-refractivity contribution in [2.45, 2.75) is 0 Å². The molecule has 7 heteroatoms. The fraction of sp³-hybridized carbons (Fsp3) is 0.417. The molecule has 1 aromatic carbocycles. The SMILES string of the molecule is COCCN(CCO)C(=O)c1cc(I)cc(I)c1I. The van der Waals surface area contributed by atoms with E-state index in [4.69, 9.17) is 9.84 Å². The molecule has 1 rings (SSSR count). The maximum Gasteiger partial charge on any atom is 0.255 e. The van der Waals surface area contributed by atoms with Gasteiger partial charge in [-0.25, -0.2) is 0 Å². The fourth-order valence-corrected chi connectivity index (χ4v) is 3.91. The first-order valence-electron chi connectivity index (χ1n) is 5.54. The average Bonchev–Trinajstić information content (AvgIpc) is 2.38. The van der Waals surface area contributed by atoms with Crippen LogP contribution in [0.5, 0.6) is 0 Å². The van der Waals surface area contributed by atoms with Crippen LogP contribution in [0, 0.1) is 10.7 Å². The molecular formula is C12H14I3NO3. The van der Waals surface area contributed by atoms with Crippen LogP contribution >= 0.6 is 67.8 Å². The third-order valence-corrected chi connectivity index (χ3v) is 6.11. The van der Waals surface area contributed by atoms with E-state index in [1.165, 1.54) is 0 Å². The maximum absolute atomic E-state index is 12.5. The summed E-state index contributed by atoms with van der Waals surface area (Å²) in [4.78, 5) is 14.1. The van der Waals surface area contributed by atoms with Gasteiger partial charge in [-0.2, -0.15) is 0 Å². The van der Waals surface area contributed by atoms with Crippen molar-refractivity contribution < 1.29 is 14.6 Å². The minimum atomic E-state index is -0.0630. The highest BCUT2D eigenvalue weighted by atomic mass is 127. The lowest BCUT2D eigenvalue weighted by atomic mass is 10.2. The molecule has 0 aliphatic rings. The molecule has 0 aliphatic carbocycles. The number of nitrogens with zero attached hydrogens (tertiary/aromatic N) is 1. The van der Waals surface area contributed by atoms with Gasteiger partial charge >= 0.3 is 0 Å². The lowest BCUT2D eigenvalue weighted by molar-refractivity contribution is 0.0655. The van der Waals surface area contributed by atoms with Crippen molar-refractivity contribution in [1.82, 2.24) is 4.90 Å². The van der Waals surface area contributed by atoms with Crippen LogP contribution < -0.4 is 0 Å². The van der Waals surface area contributed by atoms with Gasteiger partial charge in [-0.15, -0.1) is 0 Å². The largest absolute Gasteiger partial charge is 0.395 e. The normalized spacial score (nSPS) is 10.6. The second-order valence-corrected chi connectivity index (χ2v) is 7.24.